The first-order chi connectivity index (χ1) is 7.27. The monoisotopic (exact) mass is 203 g/mol. The molecule has 1 N–H and O–H groups in total. The van der Waals surface area contributed by atoms with E-state index in [2.05, 4.69) is 4.98 Å². The highest BCUT2D eigenvalue weighted by Crippen LogP contribution is 2.20. The first kappa shape index (κ1) is 9.80. The Morgan fingerprint density at radius 1 is 0.933 bits per heavy atom. The van der Waals surface area contributed by atoms with Crippen molar-refractivity contribution in [3.05, 3.63) is 65.7 Å². The Hall–Kier alpha value is -1.74. The van der Waals surface area contributed by atoms with Crippen LogP contribution in [0.15, 0.2) is 48.8 Å². The van der Waals surface area contributed by atoms with Crippen LogP contribution in [0, 0.1) is 5.82 Å². The Kier molecular flexibility index (Phi) is 2.74. The van der Waals surface area contributed by atoms with Crippen molar-refractivity contribution in [1.29, 1.82) is 0 Å². The number of halogens is 1. The lowest BCUT2D eigenvalue weighted by Crippen LogP contribution is -1.99. The van der Waals surface area contributed by atoms with Gasteiger partial charge in [0, 0.05) is 12.4 Å². The van der Waals surface area contributed by atoms with E-state index in [-0.39, 0.29) is 5.82 Å². The van der Waals surface area contributed by atoms with E-state index in [1.54, 1.807) is 36.7 Å². The highest BCUT2D eigenvalue weighted by Gasteiger charge is 2.09. The van der Waals surface area contributed by atoms with Crippen LogP contribution in [0.1, 0.15) is 17.2 Å². The Bertz CT molecular complexity index is 427. The molecule has 0 aliphatic rings. The van der Waals surface area contributed by atoms with Crippen molar-refractivity contribution in [2.75, 3.05) is 0 Å². The van der Waals surface area contributed by atoms with Gasteiger partial charge in [0.1, 0.15) is 11.9 Å². The van der Waals surface area contributed by atoms with E-state index in [0.29, 0.717) is 5.56 Å². The second kappa shape index (κ2) is 4.19. The molecule has 15 heavy (non-hydrogen) atoms. The average Bonchev–Trinajstić information content (AvgIpc) is 2.30. The Labute approximate surface area is 87.0 Å². The van der Waals surface area contributed by atoms with Crippen LogP contribution in [0.2, 0.25) is 0 Å². The largest absolute Gasteiger partial charge is 0.384 e. The predicted octanol–water partition coefficient (Wildman–Crippen LogP) is 2.30. The molecular formula is C12H10FNO. The van der Waals surface area contributed by atoms with E-state index in [9.17, 15) is 9.50 Å². The van der Waals surface area contributed by atoms with Gasteiger partial charge in [-0.3, -0.25) is 4.98 Å². The molecule has 0 amide bonds. The zero-order valence-electron chi connectivity index (χ0n) is 7.97. The van der Waals surface area contributed by atoms with Crippen molar-refractivity contribution < 1.29 is 9.50 Å². The van der Waals surface area contributed by atoms with E-state index in [1.807, 2.05) is 0 Å². The lowest BCUT2D eigenvalue weighted by Gasteiger charge is -2.10. The molecule has 1 aromatic heterocycles. The Balaban J connectivity index is 2.29. The van der Waals surface area contributed by atoms with Crippen LogP contribution in [0.3, 0.4) is 0 Å². The molecule has 2 aromatic rings. The van der Waals surface area contributed by atoms with Crippen molar-refractivity contribution >= 4 is 0 Å². The number of aliphatic hydroxyl groups excluding tert-OH is 1. The fraction of sp³-hybridized carbons (Fsp3) is 0.0833. The molecule has 76 valence electrons. The molecule has 1 aromatic carbocycles. The molecule has 2 nitrogen and oxygen atoms in total. The van der Waals surface area contributed by atoms with E-state index in [0.717, 1.165) is 5.56 Å². The fourth-order valence-electron chi connectivity index (χ4n) is 1.38. The van der Waals surface area contributed by atoms with Crippen LogP contribution < -0.4 is 0 Å². The molecule has 1 heterocycles. The lowest BCUT2D eigenvalue weighted by molar-refractivity contribution is 0.220. The van der Waals surface area contributed by atoms with Gasteiger partial charge in [0.05, 0.1) is 0 Å². The minimum absolute atomic E-state index is 0.305. The van der Waals surface area contributed by atoms with Gasteiger partial charge < -0.3 is 5.11 Å². The maximum atomic E-state index is 12.7. The number of rotatable bonds is 2. The summed E-state index contributed by atoms with van der Waals surface area (Å²) in [6.45, 7) is 0. The molecule has 1 atom stereocenters. The number of pyridine rings is 1. The van der Waals surface area contributed by atoms with E-state index in [4.69, 9.17) is 0 Å². The van der Waals surface area contributed by atoms with Crippen molar-refractivity contribution in [2.24, 2.45) is 0 Å². The van der Waals surface area contributed by atoms with Crippen molar-refractivity contribution in [2.45, 2.75) is 6.10 Å². The van der Waals surface area contributed by atoms with Gasteiger partial charge in [-0.25, -0.2) is 4.39 Å². The maximum Gasteiger partial charge on any atom is 0.123 e. The number of hydrogen-bond acceptors (Lipinski definition) is 2. The smallest absolute Gasteiger partial charge is 0.123 e. The number of benzene rings is 1. The molecule has 0 saturated carbocycles. The molecule has 3 heteroatoms. The predicted molar refractivity (Wildman–Crippen MR) is 54.7 cm³/mol. The second-order valence-electron chi connectivity index (χ2n) is 3.23. The molecule has 0 bridgehead atoms. The number of hydrogen-bond donors (Lipinski definition) is 1. The molecule has 0 aliphatic carbocycles. The standard InChI is InChI=1S/C12H10FNO/c13-11-3-1-9(2-4-11)12(15)10-5-7-14-8-6-10/h1-8,12,15H/t12-/m1/s1. The summed E-state index contributed by atoms with van der Waals surface area (Å²) in [6, 6.07) is 9.27. The summed E-state index contributed by atoms with van der Waals surface area (Å²) in [4.78, 5) is 3.86. The van der Waals surface area contributed by atoms with Gasteiger partial charge >= 0.3 is 0 Å². The molecule has 0 saturated heterocycles. The van der Waals surface area contributed by atoms with E-state index in [1.165, 1.54) is 12.1 Å². The summed E-state index contributed by atoms with van der Waals surface area (Å²) < 4.78 is 12.7. The minimum atomic E-state index is -0.728. The summed E-state index contributed by atoms with van der Waals surface area (Å²) >= 11 is 0. The SMILES string of the molecule is O[C@@H](c1ccncc1)c1ccc(F)cc1. The van der Waals surface area contributed by atoms with Gasteiger partial charge in [-0.2, -0.15) is 0 Å². The normalized spacial score (nSPS) is 12.4. The summed E-state index contributed by atoms with van der Waals surface area (Å²) in [5, 5.41) is 9.93. The average molecular weight is 203 g/mol. The quantitative estimate of drug-likeness (QED) is 0.812. The van der Waals surface area contributed by atoms with Crippen LogP contribution in [0.25, 0.3) is 0 Å². The van der Waals surface area contributed by atoms with Crippen molar-refractivity contribution in [3.8, 4) is 0 Å². The summed E-state index contributed by atoms with van der Waals surface area (Å²) in [5.74, 6) is -0.305. The van der Waals surface area contributed by atoms with Crippen LogP contribution in [0.4, 0.5) is 4.39 Å². The minimum Gasteiger partial charge on any atom is -0.384 e. The van der Waals surface area contributed by atoms with Crippen LogP contribution in [-0.4, -0.2) is 10.1 Å². The van der Waals surface area contributed by atoms with Gasteiger partial charge in [0.2, 0.25) is 0 Å². The number of aromatic nitrogens is 1. The first-order valence-electron chi connectivity index (χ1n) is 4.61. The van der Waals surface area contributed by atoms with Crippen molar-refractivity contribution in [3.63, 3.8) is 0 Å². The molecule has 0 radical (unpaired) electrons. The molecule has 0 unspecified atom stereocenters. The summed E-state index contributed by atoms with van der Waals surface area (Å²) in [7, 11) is 0. The van der Waals surface area contributed by atoms with Gasteiger partial charge in [0.15, 0.2) is 0 Å². The second-order valence-corrected chi connectivity index (χ2v) is 3.23. The third-order valence-electron chi connectivity index (χ3n) is 2.21. The third kappa shape index (κ3) is 2.19. The zero-order chi connectivity index (χ0) is 10.7. The topological polar surface area (TPSA) is 33.1 Å². The van der Waals surface area contributed by atoms with Gasteiger partial charge in [0.25, 0.3) is 0 Å². The fourth-order valence-corrected chi connectivity index (χ4v) is 1.38. The molecule has 2 rings (SSSR count). The number of nitrogens with zero attached hydrogens (tertiary/aromatic N) is 1. The molecule has 0 aliphatic heterocycles. The van der Waals surface area contributed by atoms with Gasteiger partial charge in [-0.1, -0.05) is 12.1 Å². The van der Waals surface area contributed by atoms with Gasteiger partial charge in [-0.15, -0.1) is 0 Å². The van der Waals surface area contributed by atoms with Crippen molar-refractivity contribution in [1.82, 2.24) is 4.98 Å². The molecule has 0 spiro atoms. The highest BCUT2D eigenvalue weighted by atomic mass is 19.1. The maximum absolute atomic E-state index is 12.7. The van der Waals surface area contributed by atoms with Crippen LogP contribution in [0.5, 0.6) is 0 Å². The van der Waals surface area contributed by atoms with Crippen LogP contribution >= 0.6 is 0 Å². The Morgan fingerprint density at radius 2 is 1.47 bits per heavy atom. The van der Waals surface area contributed by atoms with E-state index >= 15 is 0 Å². The first-order valence-corrected chi connectivity index (χ1v) is 4.61. The van der Waals surface area contributed by atoms with Gasteiger partial charge in [-0.05, 0) is 35.4 Å². The number of aliphatic hydroxyl groups is 1. The Morgan fingerprint density at radius 3 is 2.07 bits per heavy atom. The van der Waals surface area contributed by atoms with Crippen LogP contribution in [-0.2, 0) is 0 Å². The lowest BCUT2D eigenvalue weighted by atomic mass is 10.0. The summed E-state index contributed by atoms with van der Waals surface area (Å²) in [5.41, 5.74) is 1.42. The summed E-state index contributed by atoms with van der Waals surface area (Å²) in [6.07, 6.45) is 2.50. The zero-order valence-corrected chi connectivity index (χ0v) is 7.97. The van der Waals surface area contributed by atoms with E-state index < -0.39 is 6.10 Å². The molecule has 0 fully saturated rings. The molecular weight excluding hydrogens is 193 g/mol. The highest BCUT2D eigenvalue weighted by molar-refractivity contribution is 5.28. The third-order valence-corrected chi connectivity index (χ3v) is 2.21.